The van der Waals surface area contributed by atoms with E-state index in [0.29, 0.717) is 63.7 Å². The molecule has 39 heavy (non-hydrogen) atoms. The number of hydrogen-bond donors (Lipinski definition) is 1. The Morgan fingerprint density at radius 2 is 1.26 bits per heavy atom. The van der Waals surface area contributed by atoms with Crippen molar-refractivity contribution < 1.29 is 21.6 Å². The SMILES string of the molecule is Cc1cc(C)c(S(=O)(=O)Nc2ccc3c(c2)c2c(n3S(=O)(=O)c3c(C)cc(C)cc3C)CCCC2=O)c(C)c1. The lowest BCUT2D eigenvalue weighted by Crippen LogP contribution is -2.21. The molecule has 1 aliphatic rings. The number of nitrogens with one attached hydrogen (secondary N) is 1. The van der Waals surface area contributed by atoms with E-state index in [1.54, 1.807) is 45.9 Å². The molecule has 1 aliphatic carbocycles. The lowest BCUT2D eigenvalue weighted by molar-refractivity contribution is 0.0974. The molecule has 7 nitrogen and oxygen atoms in total. The minimum absolute atomic E-state index is 0.141. The van der Waals surface area contributed by atoms with Gasteiger partial charge >= 0.3 is 0 Å². The number of sulfonamides is 1. The van der Waals surface area contributed by atoms with E-state index in [-0.39, 0.29) is 21.3 Å². The minimum atomic E-state index is -4.05. The highest BCUT2D eigenvalue weighted by atomic mass is 32.2. The van der Waals surface area contributed by atoms with Gasteiger partial charge in [-0.25, -0.2) is 20.8 Å². The smallest absolute Gasteiger partial charge is 0.268 e. The van der Waals surface area contributed by atoms with E-state index in [2.05, 4.69) is 4.72 Å². The van der Waals surface area contributed by atoms with Gasteiger partial charge in [0.25, 0.3) is 20.0 Å². The highest BCUT2D eigenvalue weighted by molar-refractivity contribution is 7.92. The predicted octanol–water partition coefficient (Wildman–Crippen LogP) is 6.05. The second-order valence-corrected chi connectivity index (χ2v) is 14.0. The normalized spacial score (nSPS) is 14.1. The monoisotopic (exact) mass is 564 g/mol. The van der Waals surface area contributed by atoms with Crippen molar-refractivity contribution in [3.8, 4) is 0 Å². The fourth-order valence-corrected chi connectivity index (χ4v) is 9.70. The van der Waals surface area contributed by atoms with E-state index in [4.69, 9.17) is 0 Å². The Morgan fingerprint density at radius 3 is 1.82 bits per heavy atom. The molecule has 204 valence electrons. The predicted molar refractivity (Wildman–Crippen MR) is 154 cm³/mol. The Hall–Kier alpha value is -3.43. The van der Waals surface area contributed by atoms with Crippen molar-refractivity contribution in [2.24, 2.45) is 0 Å². The summed E-state index contributed by atoms with van der Waals surface area (Å²) in [5, 5.41) is 0.429. The average molecular weight is 565 g/mol. The highest BCUT2D eigenvalue weighted by Gasteiger charge is 2.33. The molecule has 1 aromatic heterocycles. The molecular weight excluding hydrogens is 532 g/mol. The zero-order valence-electron chi connectivity index (χ0n) is 23.0. The molecule has 4 aromatic rings. The van der Waals surface area contributed by atoms with Crippen LogP contribution in [0.1, 0.15) is 62.3 Å². The average Bonchev–Trinajstić information content (AvgIpc) is 3.12. The van der Waals surface area contributed by atoms with Crippen LogP contribution in [0.4, 0.5) is 5.69 Å². The molecule has 0 atom stereocenters. The fraction of sp³-hybridized carbons (Fsp3) is 0.300. The summed E-state index contributed by atoms with van der Waals surface area (Å²) in [5.41, 5.74) is 5.91. The largest absolute Gasteiger partial charge is 0.294 e. The van der Waals surface area contributed by atoms with Crippen LogP contribution < -0.4 is 4.72 Å². The van der Waals surface area contributed by atoms with E-state index in [1.165, 1.54) is 3.97 Å². The van der Waals surface area contributed by atoms with Crippen LogP contribution in [0.25, 0.3) is 10.9 Å². The van der Waals surface area contributed by atoms with Crippen molar-refractivity contribution in [1.29, 1.82) is 0 Å². The van der Waals surface area contributed by atoms with Crippen LogP contribution in [0.5, 0.6) is 0 Å². The number of nitrogens with zero attached hydrogens (tertiary/aromatic N) is 1. The van der Waals surface area contributed by atoms with Crippen molar-refractivity contribution in [1.82, 2.24) is 3.97 Å². The first-order chi connectivity index (χ1) is 18.2. The van der Waals surface area contributed by atoms with Crippen LogP contribution in [0.2, 0.25) is 0 Å². The number of anilines is 1. The number of fused-ring (bicyclic) bond motifs is 3. The molecule has 0 unspecified atom stereocenters. The molecule has 0 bridgehead atoms. The molecule has 0 radical (unpaired) electrons. The summed E-state index contributed by atoms with van der Waals surface area (Å²) < 4.78 is 59.1. The molecule has 3 aromatic carbocycles. The minimum Gasteiger partial charge on any atom is -0.294 e. The number of aromatic nitrogens is 1. The first-order valence-corrected chi connectivity index (χ1v) is 15.8. The van der Waals surface area contributed by atoms with Crippen LogP contribution in [0, 0.1) is 41.5 Å². The Bertz CT molecular complexity index is 1870. The van der Waals surface area contributed by atoms with Gasteiger partial charge < -0.3 is 0 Å². The summed E-state index contributed by atoms with van der Waals surface area (Å²) in [4.78, 5) is 13.6. The zero-order valence-corrected chi connectivity index (χ0v) is 24.6. The maximum Gasteiger partial charge on any atom is 0.268 e. The molecule has 5 rings (SSSR count). The number of rotatable bonds is 5. The maximum absolute atomic E-state index is 14.2. The van der Waals surface area contributed by atoms with Crippen LogP contribution in [0.3, 0.4) is 0 Å². The molecule has 0 saturated heterocycles. The van der Waals surface area contributed by atoms with Crippen molar-refractivity contribution >= 4 is 42.4 Å². The summed E-state index contributed by atoms with van der Waals surface area (Å²) in [7, 11) is -7.98. The van der Waals surface area contributed by atoms with Gasteiger partial charge in [-0.05, 0) is 94.8 Å². The van der Waals surface area contributed by atoms with Crippen LogP contribution >= 0.6 is 0 Å². The quantitative estimate of drug-likeness (QED) is 0.318. The summed E-state index contributed by atoms with van der Waals surface area (Å²) >= 11 is 0. The Labute approximate surface area is 230 Å². The molecule has 0 amide bonds. The molecule has 0 spiro atoms. The van der Waals surface area contributed by atoms with Gasteiger partial charge in [0.15, 0.2) is 5.78 Å². The fourth-order valence-electron chi connectivity index (χ4n) is 6.19. The van der Waals surface area contributed by atoms with Crippen molar-refractivity contribution in [2.75, 3.05) is 4.72 Å². The summed E-state index contributed by atoms with van der Waals surface area (Å²) in [6.07, 6.45) is 1.29. The topological polar surface area (TPSA) is 102 Å². The maximum atomic E-state index is 14.2. The van der Waals surface area contributed by atoms with E-state index < -0.39 is 20.0 Å². The van der Waals surface area contributed by atoms with Gasteiger partial charge in [0.1, 0.15) is 0 Å². The molecule has 1 N–H and O–H groups in total. The summed E-state index contributed by atoms with van der Waals surface area (Å²) in [6.45, 7) is 10.9. The Kier molecular flexibility index (Phi) is 6.50. The van der Waals surface area contributed by atoms with Gasteiger partial charge in [-0.15, -0.1) is 0 Å². The van der Waals surface area contributed by atoms with Crippen LogP contribution in [-0.2, 0) is 26.5 Å². The van der Waals surface area contributed by atoms with Crippen molar-refractivity contribution in [2.45, 2.75) is 70.6 Å². The van der Waals surface area contributed by atoms with Gasteiger partial charge in [-0.3, -0.25) is 9.52 Å². The van der Waals surface area contributed by atoms with Gasteiger partial charge in [-0.1, -0.05) is 35.4 Å². The highest BCUT2D eigenvalue weighted by Crippen LogP contribution is 2.38. The van der Waals surface area contributed by atoms with Crippen molar-refractivity contribution in [3.63, 3.8) is 0 Å². The first kappa shape index (κ1) is 27.1. The number of ketones is 1. The summed E-state index contributed by atoms with van der Waals surface area (Å²) in [6, 6.07) is 12.0. The third-order valence-electron chi connectivity index (χ3n) is 7.34. The molecule has 0 saturated carbocycles. The molecule has 0 fully saturated rings. The lowest BCUT2D eigenvalue weighted by Gasteiger charge is -2.18. The lowest BCUT2D eigenvalue weighted by atomic mass is 9.94. The van der Waals surface area contributed by atoms with Gasteiger partial charge in [-0.2, -0.15) is 0 Å². The molecule has 1 heterocycles. The van der Waals surface area contributed by atoms with E-state index in [9.17, 15) is 21.6 Å². The van der Waals surface area contributed by atoms with Crippen LogP contribution in [-0.4, -0.2) is 26.6 Å². The van der Waals surface area contributed by atoms with E-state index in [1.807, 2.05) is 38.1 Å². The van der Waals surface area contributed by atoms with Gasteiger partial charge in [0.05, 0.1) is 15.3 Å². The Morgan fingerprint density at radius 1 is 0.718 bits per heavy atom. The Balaban J connectivity index is 1.71. The van der Waals surface area contributed by atoms with E-state index in [0.717, 1.165) is 11.1 Å². The third-order valence-corrected chi connectivity index (χ3v) is 11.1. The van der Waals surface area contributed by atoms with Crippen molar-refractivity contribution in [3.05, 3.63) is 87.1 Å². The first-order valence-electron chi connectivity index (χ1n) is 12.9. The molecule has 0 aliphatic heterocycles. The zero-order chi connectivity index (χ0) is 28.4. The van der Waals surface area contributed by atoms with Gasteiger partial charge in [0.2, 0.25) is 0 Å². The summed E-state index contributed by atoms with van der Waals surface area (Å²) in [5.74, 6) is -0.141. The number of aryl methyl sites for hydroxylation is 6. The number of benzene rings is 3. The third kappa shape index (κ3) is 4.47. The number of carbonyl (C=O) groups excluding carboxylic acids is 1. The number of Topliss-reactive ketones (excluding diaryl/α,β-unsaturated/α-hetero) is 1. The molecular formula is C30H32N2O5S2. The second kappa shape index (κ2) is 9.34. The standard InChI is InChI=1S/C30H32N2O5S2/c1-17-12-19(3)29(20(4)13-17)38(34,35)31-23-10-11-25-24(16-23)28-26(8-7-9-27(28)33)32(25)39(36,37)30-21(5)14-18(2)15-22(30)6/h10-16,31H,7-9H2,1-6H3. The molecule has 9 heteroatoms. The van der Waals surface area contributed by atoms with Gasteiger partial charge in [0, 0.05) is 28.8 Å². The number of carbonyl (C=O) groups is 1. The van der Waals surface area contributed by atoms with Crippen LogP contribution in [0.15, 0.2) is 52.3 Å². The number of hydrogen-bond acceptors (Lipinski definition) is 5. The van der Waals surface area contributed by atoms with E-state index >= 15 is 0 Å². The second-order valence-electron chi connectivity index (χ2n) is 10.7.